The summed E-state index contributed by atoms with van der Waals surface area (Å²) in [4.78, 5) is 12.6. The molecule has 3 rings (SSSR count). The molecule has 2 aromatic rings. The minimum absolute atomic E-state index is 0.00595. The number of benzene rings is 2. The molecule has 1 aliphatic rings. The average Bonchev–Trinajstić information content (AvgIpc) is 3.30. The van der Waals surface area contributed by atoms with E-state index in [2.05, 4.69) is 15.7 Å². The van der Waals surface area contributed by atoms with Crippen LogP contribution in [0.15, 0.2) is 70.9 Å². The van der Waals surface area contributed by atoms with Gasteiger partial charge in [0.1, 0.15) is 0 Å². The first-order chi connectivity index (χ1) is 10.7. The van der Waals surface area contributed by atoms with Gasteiger partial charge in [0.2, 0.25) is 5.91 Å². The van der Waals surface area contributed by atoms with E-state index in [1.165, 1.54) is 0 Å². The number of amides is 1. The van der Waals surface area contributed by atoms with Crippen LogP contribution in [0.1, 0.15) is 19.8 Å². The summed E-state index contributed by atoms with van der Waals surface area (Å²) in [5, 5.41) is 9.50. The molecule has 0 aliphatic carbocycles. The molecule has 0 atom stereocenters. The average molecular weight is 294 g/mol. The minimum atomic E-state index is -0.356. The van der Waals surface area contributed by atoms with Crippen molar-refractivity contribution < 1.29 is 4.79 Å². The van der Waals surface area contributed by atoms with Gasteiger partial charge < -0.3 is 0 Å². The monoisotopic (exact) mass is 294 g/mol. The highest BCUT2D eigenvalue weighted by Gasteiger charge is 2.34. The Bertz CT molecular complexity index is 664. The normalized spacial score (nSPS) is 14.4. The SMILES string of the molecule is CC1(CCC(=O)N(Nc2ccccc2)c2ccccc2)N=N1. The lowest BCUT2D eigenvalue weighted by Gasteiger charge is -2.24. The van der Waals surface area contributed by atoms with Crippen molar-refractivity contribution >= 4 is 17.3 Å². The van der Waals surface area contributed by atoms with Crippen LogP contribution in [0.2, 0.25) is 0 Å². The Hall–Kier alpha value is -2.69. The van der Waals surface area contributed by atoms with E-state index in [0.29, 0.717) is 12.8 Å². The van der Waals surface area contributed by atoms with Gasteiger partial charge in [0, 0.05) is 12.8 Å². The molecule has 5 nitrogen and oxygen atoms in total. The van der Waals surface area contributed by atoms with Crippen LogP contribution < -0.4 is 10.4 Å². The molecule has 0 saturated heterocycles. The highest BCUT2D eigenvalue weighted by Crippen LogP contribution is 2.32. The molecule has 1 amide bonds. The molecule has 5 heteroatoms. The van der Waals surface area contributed by atoms with Crippen LogP contribution in [-0.4, -0.2) is 11.6 Å². The van der Waals surface area contributed by atoms with Crippen LogP contribution in [0.25, 0.3) is 0 Å². The quantitative estimate of drug-likeness (QED) is 0.818. The van der Waals surface area contributed by atoms with Gasteiger partial charge in [-0.25, -0.2) is 5.01 Å². The second kappa shape index (κ2) is 5.97. The van der Waals surface area contributed by atoms with Gasteiger partial charge in [-0.15, -0.1) is 0 Å². The molecule has 1 N–H and O–H groups in total. The van der Waals surface area contributed by atoms with E-state index >= 15 is 0 Å². The number of hydrogen-bond acceptors (Lipinski definition) is 4. The van der Waals surface area contributed by atoms with Crippen LogP contribution in [-0.2, 0) is 4.79 Å². The van der Waals surface area contributed by atoms with Crippen LogP contribution in [0.5, 0.6) is 0 Å². The smallest absolute Gasteiger partial charge is 0.245 e. The Morgan fingerprint density at radius 3 is 2.23 bits per heavy atom. The third-order valence-corrected chi connectivity index (χ3v) is 3.53. The molecule has 0 spiro atoms. The fraction of sp³-hybridized carbons (Fsp3) is 0.235. The number of hydrazine groups is 1. The molecule has 0 fully saturated rings. The van der Waals surface area contributed by atoms with Gasteiger partial charge in [-0.05, 0) is 31.2 Å². The van der Waals surface area contributed by atoms with Gasteiger partial charge in [-0.3, -0.25) is 10.2 Å². The second-order valence-electron chi connectivity index (χ2n) is 5.46. The molecule has 0 unspecified atom stereocenters. The topological polar surface area (TPSA) is 57.1 Å². The van der Waals surface area contributed by atoms with Gasteiger partial charge in [0.15, 0.2) is 5.66 Å². The number of nitrogens with zero attached hydrogens (tertiary/aromatic N) is 3. The summed E-state index contributed by atoms with van der Waals surface area (Å²) in [6.07, 6.45) is 1.02. The fourth-order valence-corrected chi connectivity index (χ4v) is 2.13. The molecule has 22 heavy (non-hydrogen) atoms. The van der Waals surface area contributed by atoms with Crippen LogP contribution >= 0.6 is 0 Å². The number of anilines is 2. The maximum atomic E-state index is 12.6. The van der Waals surface area contributed by atoms with Crippen molar-refractivity contribution in [1.29, 1.82) is 0 Å². The third-order valence-electron chi connectivity index (χ3n) is 3.53. The summed E-state index contributed by atoms with van der Waals surface area (Å²) in [6.45, 7) is 1.93. The second-order valence-corrected chi connectivity index (χ2v) is 5.46. The summed E-state index contributed by atoms with van der Waals surface area (Å²) >= 11 is 0. The third kappa shape index (κ3) is 3.49. The standard InChI is InChI=1S/C17H18N4O/c1-17(19-20-17)13-12-16(22)21(15-10-6-3-7-11-15)18-14-8-4-2-5-9-14/h2-11,18H,12-13H2,1H3. The zero-order valence-corrected chi connectivity index (χ0v) is 12.4. The van der Waals surface area contributed by atoms with E-state index in [0.717, 1.165) is 11.4 Å². The highest BCUT2D eigenvalue weighted by molar-refractivity contribution is 5.95. The van der Waals surface area contributed by atoms with E-state index in [4.69, 9.17) is 0 Å². The molecule has 0 bridgehead atoms. The fourth-order valence-electron chi connectivity index (χ4n) is 2.13. The maximum Gasteiger partial charge on any atom is 0.245 e. The molecule has 112 valence electrons. The van der Waals surface area contributed by atoms with Crippen molar-refractivity contribution in [3.05, 3.63) is 60.7 Å². The highest BCUT2D eigenvalue weighted by atomic mass is 16.2. The largest absolute Gasteiger partial charge is 0.291 e. The van der Waals surface area contributed by atoms with Gasteiger partial charge in [-0.2, -0.15) is 10.2 Å². The number of rotatable bonds is 6. The summed E-state index contributed by atoms with van der Waals surface area (Å²) in [5.74, 6) is -0.00595. The molecular weight excluding hydrogens is 276 g/mol. The Morgan fingerprint density at radius 2 is 1.64 bits per heavy atom. The van der Waals surface area contributed by atoms with Gasteiger partial charge >= 0.3 is 0 Å². The Labute approximate surface area is 129 Å². The van der Waals surface area contributed by atoms with Crippen molar-refractivity contribution in [1.82, 2.24) is 0 Å². The predicted octanol–water partition coefficient (Wildman–Crippen LogP) is 4.01. The van der Waals surface area contributed by atoms with Gasteiger partial charge in [0.05, 0.1) is 11.4 Å². The lowest BCUT2D eigenvalue weighted by Crippen LogP contribution is -2.36. The maximum absolute atomic E-state index is 12.6. The number of carbonyl (C=O) groups excluding carboxylic acids is 1. The van der Waals surface area contributed by atoms with Crippen LogP contribution in [0.3, 0.4) is 0 Å². The minimum Gasteiger partial charge on any atom is -0.291 e. The number of carbonyl (C=O) groups is 1. The summed E-state index contributed by atoms with van der Waals surface area (Å²) in [6, 6.07) is 19.2. The number of para-hydroxylation sites is 2. The molecule has 0 saturated carbocycles. The van der Waals surface area contributed by atoms with E-state index in [-0.39, 0.29) is 11.6 Å². The lowest BCUT2D eigenvalue weighted by atomic mass is 10.1. The molecule has 1 heterocycles. The summed E-state index contributed by atoms with van der Waals surface area (Å²) < 4.78 is 0. The first kappa shape index (κ1) is 14.3. The van der Waals surface area contributed by atoms with E-state index in [1.807, 2.05) is 67.6 Å². The van der Waals surface area contributed by atoms with Gasteiger partial charge in [-0.1, -0.05) is 36.4 Å². The summed E-state index contributed by atoms with van der Waals surface area (Å²) in [7, 11) is 0. The molecule has 0 radical (unpaired) electrons. The van der Waals surface area contributed by atoms with Crippen LogP contribution in [0, 0.1) is 0 Å². The number of nitrogens with one attached hydrogen (secondary N) is 1. The van der Waals surface area contributed by atoms with Crippen molar-refractivity contribution in [2.24, 2.45) is 10.2 Å². The van der Waals surface area contributed by atoms with Crippen molar-refractivity contribution in [3.8, 4) is 0 Å². The summed E-state index contributed by atoms with van der Waals surface area (Å²) in [5.41, 5.74) is 4.50. The van der Waals surface area contributed by atoms with E-state index < -0.39 is 0 Å². The Morgan fingerprint density at radius 1 is 1.05 bits per heavy atom. The zero-order valence-electron chi connectivity index (χ0n) is 12.4. The van der Waals surface area contributed by atoms with Gasteiger partial charge in [0.25, 0.3) is 0 Å². The first-order valence-corrected chi connectivity index (χ1v) is 7.30. The Kier molecular flexibility index (Phi) is 3.87. The lowest BCUT2D eigenvalue weighted by molar-refractivity contribution is -0.118. The Balaban J connectivity index is 1.75. The van der Waals surface area contributed by atoms with E-state index in [1.54, 1.807) is 5.01 Å². The van der Waals surface area contributed by atoms with Crippen molar-refractivity contribution in [2.75, 3.05) is 10.4 Å². The zero-order chi connectivity index (χ0) is 15.4. The molecule has 1 aliphatic heterocycles. The molecule has 2 aromatic carbocycles. The molecule has 0 aromatic heterocycles. The van der Waals surface area contributed by atoms with Crippen molar-refractivity contribution in [2.45, 2.75) is 25.4 Å². The van der Waals surface area contributed by atoms with Crippen LogP contribution in [0.4, 0.5) is 11.4 Å². The first-order valence-electron chi connectivity index (χ1n) is 7.30. The van der Waals surface area contributed by atoms with Crippen molar-refractivity contribution in [3.63, 3.8) is 0 Å². The number of hydrogen-bond donors (Lipinski definition) is 1. The molecular formula is C17H18N4O. The predicted molar refractivity (Wildman–Crippen MR) is 86.5 cm³/mol. The van der Waals surface area contributed by atoms with E-state index in [9.17, 15) is 4.79 Å².